The minimum atomic E-state index is 0.561. The molecule has 4 nitrogen and oxygen atoms in total. The molecule has 2 heterocycles. The van der Waals surface area contributed by atoms with Crippen molar-refractivity contribution >= 4 is 0 Å². The third-order valence-electron chi connectivity index (χ3n) is 4.85. The molecule has 20 heavy (non-hydrogen) atoms. The molecule has 0 bridgehead atoms. The highest BCUT2D eigenvalue weighted by Gasteiger charge is 2.33. The van der Waals surface area contributed by atoms with Crippen LogP contribution in [-0.4, -0.2) is 40.4 Å². The van der Waals surface area contributed by atoms with Crippen molar-refractivity contribution in [2.75, 3.05) is 19.6 Å². The van der Waals surface area contributed by atoms with E-state index < -0.39 is 0 Å². The second-order valence-corrected chi connectivity index (χ2v) is 6.39. The van der Waals surface area contributed by atoms with Gasteiger partial charge in [0.15, 0.2) is 0 Å². The van der Waals surface area contributed by atoms with Gasteiger partial charge in [-0.1, -0.05) is 13.8 Å². The molecule has 4 heteroatoms. The van der Waals surface area contributed by atoms with Gasteiger partial charge in [-0.2, -0.15) is 5.10 Å². The van der Waals surface area contributed by atoms with Crippen LogP contribution in [-0.2, 0) is 6.54 Å². The highest BCUT2D eigenvalue weighted by Crippen LogP contribution is 2.33. The van der Waals surface area contributed by atoms with Crippen LogP contribution in [0.5, 0.6) is 0 Å². The van der Waals surface area contributed by atoms with Crippen molar-refractivity contribution in [1.29, 1.82) is 0 Å². The van der Waals surface area contributed by atoms with E-state index >= 15 is 0 Å². The molecule has 1 aromatic heterocycles. The molecular weight excluding hydrogens is 248 g/mol. The monoisotopic (exact) mass is 276 g/mol. The van der Waals surface area contributed by atoms with Gasteiger partial charge >= 0.3 is 0 Å². The van der Waals surface area contributed by atoms with E-state index in [1.54, 1.807) is 0 Å². The Bertz CT molecular complexity index is 420. The van der Waals surface area contributed by atoms with Gasteiger partial charge in [-0.05, 0) is 37.7 Å². The largest absolute Gasteiger partial charge is 0.311 e. The molecule has 0 aromatic carbocycles. The summed E-state index contributed by atoms with van der Waals surface area (Å²) < 4.78 is 2.16. The zero-order chi connectivity index (χ0) is 13.9. The Hall–Kier alpha value is -0.870. The summed E-state index contributed by atoms with van der Waals surface area (Å²) in [6, 6.07) is 3.49. The topological polar surface area (TPSA) is 33.1 Å². The van der Waals surface area contributed by atoms with Crippen LogP contribution >= 0.6 is 0 Å². The molecule has 1 aromatic rings. The van der Waals surface area contributed by atoms with Crippen LogP contribution in [0.1, 0.15) is 51.3 Å². The summed E-state index contributed by atoms with van der Waals surface area (Å²) in [5.74, 6) is 0.944. The maximum Gasteiger partial charge on any atom is 0.0764 e. The molecule has 1 aliphatic heterocycles. The number of hydrogen-bond acceptors (Lipinski definition) is 3. The molecule has 2 fully saturated rings. The Morgan fingerprint density at radius 3 is 2.85 bits per heavy atom. The summed E-state index contributed by atoms with van der Waals surface area (Å²) in [5, 5.41) is 8.46. The molecule has 0 radical (unpaired) electrons. The lowest BCUT2D eigenvalue weighted by Gasteiger charge is -2.33. The quantitative estimate of drug-likeness (QED) is 0.866. The fraction of sp³-hybridized carbons (Fsp3) is 0.812. The smallest absolute Gasteiger partial charge is 0.0764 e. The zero-order valence-electron chi connectivity index (χ0n) is 12.9. The summed E-state index contributed by atoms with van der Waals surface area (Å²) >= 11 is 0. The predicted octanol–water partition coefficient (Wildman–Crippen LogP) is 2.43. The van der Waals surface area contributed by atoms with Gasteiger partial charge in [0.1, 0.15) is 0 Å². The second-order valence-electron chi connectivity index (χ2n) is 6.39. The molecule has 1 N–H and O–H groups in total. The normalized spacial score (nSPS) is 24.4. The van der Waals surface area contributed by atoms with Crippen LogP contribution in [0.3, 0.4) is 0 Å². The van der Waals surface area contributed by atoms with E-state index in [0.29, 0.717) is 6.04 Å². The van der Waals surface area contributed by atoms with Crippen LogP contribution < -0.4 is 5.32 Å². The fourth-order valence-electron chi connectivity index (χ4n) is 3.36. The molecule has 1 aliphatic carbocycles. The summed E-state index contributed by atoms with van der Waals surface area (Å²) in [7, 11) is 0. The Morgan fingerprint density at radius 2 is 2.15 bits per heavy atom. The third-order valence-corrected chi connectivity index (χ3v) is 4.85. The van der Waals surface area contributed by atoms with E-state index in [9.17, 15) is 0 Å². The summed E-state index contributed by atoms with van der Waals surface area (Å²) in [6.45, 7) is 8.98. The lowest BCUT2D eigenvalue weighted by molar-refractivity contribution is 0.179. The van der Waals surface area contributed by atoms with Gasteiger partial charge in [0.2, 0.25) is 0 Å². The van der Waals surface area contributed by atoms with Crippen molar-refractivity contribution in [3.63, 3.8) is 0 Å². The number of rotatable bonds is 6. The van der Waals surface area contributed by atoms with E-state index in [0.717, 1.165) is 44.4 Å². The lowest BCUT2D eigenvalue weighted by atomic mass is 10.1. The van der Waals surface area contributed by atoms with E-state index in [4.69, 9.17) is 5.10 Å². The van der Waals surface area contributed by atoms with Gasteiger partial charge in [0.05, 0.1) is 11.7 Å². The standard InChI is InChI=1S/C16H28N4/c1-3-15(4-2)20-9-7-14(18-20)11-19-10-8-17-16(12-19)13-5-6-13/h7,9,13,15-17H,3-6,8,10-12H2,1-2H3. The highest BCUT2D eigenvalue weighted by molar-refractivity contribution is 5.01. The Morgan fingerprint density at radius 1 is 1.35 bits per heavy atom. The molecule has 2 aliphatic rings. The molecule has 1 saturated heterocycles. The van der Waals surface area contributed by atoms with Crippen molar-refractivity contribution in [2.24, 2.45) is 5.92 Å². The van der Waals surface area contributed by atoms with Crippen LogP contribution in [0, 0.1) is 5.92 Å². The fourth-order valence-corrected chi connectivity index (χ4v) is 3.36. The van der Waals surface area contributed by atoms with Crippen LogP contribution in [0.25, 0.3) is 0 Å². The number of nitrogens with one attached hydrogen (secondary N) is 1. The predicted molar refractivity (Wildman–Crippen MR) is 81.6 cm³/mol. The van der Waals surface area contributed by atoms with Crippen LogP contribution in [0.2, 0.25) is 0 Å². The molecular formula is C16H28N4. The average molecular weight is 276 g/mol. The van der Waals surface area contributed by atoms with Gasteiger partial charge in [0.25, 0.3) is 0 Å². The van der Waals surface area contributed by atoms with Crippen molar-refractivity contribution < 1.29 is 0 Å². The van der Waals surface area contributed by atoms with Crippen molar-refractivity contribution in [3.05, 3.63) is 18.0 Å². The SMILES string of the molecule is CCC(CC)n1ccc(CN2CCNC(C3CC3)C2)n1. The number of piperazine rings is 1. The Balaban J connectivity index is 1.57. The summed E-state index contributed by atoms with van der Waals surface area (Å²) in [6.07, 6.45) is 7.33. The first-order valence-corrected chi connectivity index (χ1v) is 8.30. The van der Waals surface area contributed by atoms with E-state index in [-0.39, 0.29) is 0 Å². The van der Waals surface area contributed by atoms with Crippen LogP contribution in [0.4, 0.5) is 0 Å². The first-order chi connectivity index (χ1) is 9.80. The van der Waals surface area contributed by atoms with E-state index in [2.05, 4.69) is 41.0 Å². The van der Waals surface area contributed by atoms with Crippen molar-refractivity contribution in [1.82, 2.24) is 20.0 Å². The molecule has 1 unspecified atom stereocenters. The highest BCUT2D eigenvalue weighted by atomic mass is 15.3. The number of nitrogens with zero attached hydrogens (tertiary/aromatic N) is 3. The van der Waals surface area contributed by atoms with E-state index in [1.807, 2.05) is 0 Å². The first kappa shape index (κ1) is 14.1. The molecule has 1 saturated carbocycles. The van der Waals surface area contributed by atoms with Gasteiger partial charge in [-0.25, -0.2) is 0 Å². The molecule has 112 valence electrons. The zero-order valence-corrected chi connectivity index (χ0v) is 12.9. The molecule has 1 atom stereocenters. The Kier molecular flexibility index (Phi) is 4.41. The second kappa shape index (κ2) is 6.27. The maximum atomic E-state index is 4.79. The maximum absolute atomic E-state index is 4.79. The summed E-state index contributed by atoms with van der Waals surface area (Å²) in [4.78, 5) is 2.57. The van der Waals surface area contributed by atoms with Crippen molar-refractivity contribution in [3.8, 4) is 0 Å². The minimum Gasteiger partial charge on any atom is -0.311 e. The van der Waals surface area contributed by atoms with Gasteiger partial charge in [-0.3, -0.25) is 9.58 Å². The molecule has 0 spiro atoms. The number of aromatic nitrogens is 2. The minimum absolute atomic E-state index is 0.561. The van der Waals surface area contributed by atoms with E-state index in [1.165, 1.54) is 25.1 Å². The molecule has 0 amide bonds. The van der Waals surface area contributed by atoms with Crippen LogP contribution in [0.15, 0.2) is 12.3 Å². The summed E-state index contributed by atoms with van der Waals surface area (Å²) in [5.41, 5.74) is 1.23. The first-order valence-electron chi connectivity index (χ1n) is 8.30. The Labute approximate surface area is 122 Å². The number of hydrogen-bond donors (Lipinski definition) is 1. The van der Waals surface area contributed by atoms with Gasteiger partial charge < -0.3 is 5.32 Å². The van der Waals surface area contributed by atoms with Gasteiger partial charge in [0, 0.05) is 38.4 Å². The third kappa shape index (κ3) is 3.23. The van der Waals surface area contributed by atoms with Crippen molar-refractivity contribution in [2.45, 2.75) is 58.2 Å². The molecule has 3 rings (SSSR count). The van der Waals surface area contributed by atoms with Gasteiger partial charge in [-0.15, -0.1) is 0 Å². The average Bonchev–Trinajstić information content (AvgIpc) is 3.23. The lowest BCUT2D eigenvalue weighted by Crippen LogP contribution is -2.51.